The van der Waals surface area contributed by atoms with E-state index < -0.39 is 16.5 Å². The molecule has 0 bridgehead atoms. The molecule has 0 unspecified atom stereocenters. The molecule has 34 heavy (non-hydrogen) atoms. The number of ether oxygens (including phenoxy) is 1. The number of nitrogens with one attached hydrogen (secondary N) is 1. The minimum Gasteiger partial charge on any atom is -0.494 e. The van der Waals surface area contributed by atoms with Gasteiger partial charge in [0.25, 0.3) is 5.69 Å². The highest BCUT2D eigenvalue weighted by atomic mass is 16.6. The Hall–Kier alpha value is -4.53. The maximum Gasteiger partial charge on any atom is 0.338 e. The molecule has 0 amide bonds. The fraction of sp³-hybridized carbons (Fsp3) is 0.160. The van der Waals surface area contributed by atoms with Gasteiger partial charge in [-0.3, -0.25) is 15.1 Å². The van der Waals surface area contributed by atoms with Gasteiger partial charge in [-0.25, -0.2) is 9.79 Å². The smallest absolute Gasteiger partial charge is 0.338 e. The van der Waals surface area contributed by atoms with Gasteiger partial charge in [-0.2, -0.15) is 0 Å². The fourth-order valence-electron chi connectivity index (χ4n) is 3.43. The second-order valence-corrected chi connectivity index (χ2v) is 8.59. The van der Waals surface area contributed by atoms with Gasteiger partial charge in [0.1, 0.15) is 5.60 Å². The van der Waals surface area contributed by atoms with E-state index >= 15 is 0 Å². The highest BCUT2D eigenvalue weighted by Crippen LogP contribution is 2.33. The summed E-state index contributed by atoms with van der Waals surface area (Å²) in [5.41, 5.74) is 2.04. The third-order valence-corrected chi connectivity index (χ3v) is 4.89. The maximum atomic E-state index is 12.3. The molecule has 4 aromatic rings. The van der Waals surface area contributed by atoms with E-state index in [1.165, 1.54) is 12.1 Å². The van der Waals surface area contributed by atoms with E-state index in [-0.39, 0.29) is 11.6 Å². The first-order chi connectivity index (χ1) is 16.1. The number of carbonyl (C=O) groups is 1. The van der Waals surface area contributed by atoms with Crippen molar-refractivity contribution < 1.29 is 19.6 Å². The number of esters is 1. The molecule has 2 aromatic heterocycles. The predicted octanol–water partition coefficient (Wildman–Crippen LogP) is 5.30. The van der Waals surface area contributed by atoms with Gasteiger partial charge in [0.15, 0.2) is 5.88 Å². The molecule has 0 saturated heterocycles. The van der Waals surface area contributed by atoms with Gasteiger partial charge < -0.3 is 14.8 Å². The van der Waals surface area contributed by atoms with Crippen LogP contribution in [0.25, 0.3) is 10.9 Å². The van der Waals surface area contributed by atoms with Gasteiger partial charge in [0, 0.05) is 35.5 Å². The number of rotatable bonds is 5. The van der Waals surface area contributed by atoms with Crippen molar-refractivity contribution >= 4 is 34.0 Å². The molecule has 0 aliphatic rings. The number of hydrogen-bond acceptors (Lipinski definition) is 7. The number of nitrogens with zero attached hydrogens (tertiary/aromatic N) is 3. The molecular weight excluding hydrogens is 436 g/mol. The number of pyridine rings is 1. The number of aromatic nitrogens is 2. The van der Waals surface area contributed by atoms with Gasteiger partial charge in [0.2, 0.25) is 0 Å². The van der Waals surface area contributed by atoms with Crippen LogP contribution in [-0.4, -0.2) is 37.3 Å². The normalized spacial score (nSPS) is 12.0. The highest BCUT2D eigenvalue weighted by molar-refractivity contribution is 6.21. The van der Waals surface area contributed by atoms with Crippen LogP contribution in [0.4, 0.5) is 11.4 Å². The van der Waals surface area contributed by atoms with Crippen molar-refractivity contribution in [1.29, 1.82) is 0 Å². The Morgan fingerprint density at radius 1 is 1.12 bits per heavy atom. The minimum atomic E-state index is -0.608. The Balaban J connectivity index is 1.81. The second-order valence-electron chi connectivity index (χ2n) is 8.59. The summed E-state index contributed by atoms with van der Waals surface area (Å²) >= 11 is 0. The summed E-state index contributed by atoms with van der Waals surface area (Å²) in [4.78, 5) is 34.6. The molecular formula is C25H22N4O5. The van der Waals surface area contributed by atoms with Crippen molar-refractivity contribution in [3.05, 3.63) is 93.8 Å². The molecule has 0 fully saturated rings. The molecule has 9 heteroatoms. The van der Waals surface area contributed by atoms with Crippen molar-refractivity contribution in [2.45, 2.75) is 26.4 Å². The number of fused-ring (bicyclic) bond motifs is 1. The lowest BCUT2D eigenvalue weighted by Gasteiger charge is -2.19. The average molecular weight is 458 g/mol. The van der Waals surface area contributed by atoms with Crippen LogP contribution >= 0.6 is 0 Å². The molecule has 2 heterocycles. The first-order valence-electron chi connectivity index (χ1n) is 10.4. The quantitative estimate of drug-likeness (QED) is 0.181. The Kier molecular flexibility index (Phi) is 5.85. The third-order valence-electron chi connectivity index (χ3n) is 4.89. The topological polar surface area (TPSA) is 131 Å². The summed E-state index contributed by atoms with van der Waals surface area (Å²) in [6, 6.07) is 14.4. The van der Waals surface area contributed by atoms with Crippen LogP contribution in [0.5, 0.6) is 5.88 Å². The summed E-state index contributed by atoms with van der Waals surface area (Å²) < 4.78 is 5.40. The lowest BCUT2D eigenvalue weighted by Crippen LogP contribution is -2.23. The number of benzene rings is 2. The average Bonchev–Trinajstić information content (AvgIpc) is 3.12. The summed E-state index contributed by atoms with van der Waals surface area (Å²) in [5, 5.41) is 22.4. The number of H-pyrrole nitrogens is 1. The fourth-order valence-corrected chi connectivity index (χ4v) is 3.43. The van der Waals surface area contributed by atoms with Crippen LogP contribution in [0, 0.1) is 10.1 Å². The molecule has 2 N–H and O–H groups in total. The molecule has 9 nitrogen and oxygen atoms in total. The lowest BCUT2D eigenvalue weighted by molar-refractivity contribution is -0.384. The summed E-state index contributed by atoms with van der Waals surface area (Å²) in [6.07, 6.45) is 3.23. The van der Waals surface area contributed by atoms with Gasteiger partial charge >= 0.3 is 5.97 Å². The van der Waals surface area contributed by atoms with E-state index in [1.54, 1.807) is 75.6 Å². The van der Waals surface area contributed by atoms with E-state index in [1.807, 2.05) is 0 Å². The van der Waals surface area contributed by atoms with Crippen molar-refractivity contribution in [3.8, 4) is 5.88 Å². The monoisotopic (exact) mass is 458 g/mol. The Labute approximate surface area is 194 Å². The lowest BCUT2D eigenvalue weighted by atomic mass is 10.0. The van der Waals surface area contributed by atoms with E-state index in [4.69, 9.17) is 9.73 Å². The van der Waals surface area contributed by atoms with Crippen molar-refractivity contribution in [2.75, 3.05) is 0 Å². The molecule has 0 aliphatic carbocycles. The Morgan fingerprint density at radius 2 is 1.85 bits per heavy atom. The van der Waals surface area contributed by atoms with Crippen molar-refractivity contribution in [2.24, 2.45) is 4.99 Å². The number of nitro benzene ring substituents is 1. The first kappa shape index (κ1) is 22.7. The van der Waals surface area contributed by atoms with Crippen LogP contribution < -0.4 is 0 Å². The largest absolute Gasteiger partial charge is 0.494 e. The number of nitro groups is 1. The Bertz CT molecular complexity index is 1400. The molecule has 0 spiro atoms. The summed E-state index contributed by atoms with van der Waals surface area (Å²) in [6.45, 7) is 5.39. The zero-order chi connectivity index (χ0) is 24.5. The standard InChI is InChI=1S/C25H22N4O5/c1-25(2,3)34-24(31)15-6-8-17(9-7-15)27-22(16-5-4-12-26-14-16)21-19-11-10-18(29(32)33)13-20(19)28-23(21)30/h4-14,28,30H,1-3H3. The van der Waals surface area contributed by atoms with Crippen LogP contribution in [0.1, 0.15) is 42.3 Å². The number of aliphatic imine (C=N–C) groups is 1. The van der Waals surface area contributed by atoms with Gasteiger partial charge in [0.05, 0.1) is 33.0 Å². The van der Waals surface area contributed by atoms with E-state index in [0.29, 0.717) is 39.0 Å². The molecule has 0 aliphatic heterocycles. The maximum absolute atomic E-state index is 12.3. The molecule has 2 aromatic carbocycles. The van der Waals surface area contributed by atoms with Crippen LogP contribution in [0.3, 0.4) is 0 Å². The molecule has 172 valence electrons. The molecule has 0 radical (unpaired) electrons. The van der Waals surface area contributed by atoms with E-state index in [9.17, 15) is 20.0 Å². The van der Waals surface area contributed by atoms with Gasteiger partial charge in [-0.15, -0.1) is 0 Å². The summed E-state index contributed by atoms with van der Waals surface area (Å²) in [5.74, 6) is -0.616. The van der Waals surface area contributed by atoms with E-state index in [2.05, 4.69) is 9.97 Å². The number of aromatic hydroxyl groups is 1. The van der Waals surface area contributed by atoms with Gasteiger partial charge in [-0.05, 0) is 63.2 Å². The van der Waals surface area contributed by atoms with E-state index in [0.717, 1.165) is 0 Å². The number of aromatic amines is 1. The highest BCUT2D eigenvalue weighted by Gasteiger charge is 2.21. The minimum absolute atomic E-state index is 0.0992. The molecule has 0 saturated carbocycles. The predicted molar refractivity (Wildman–Crippen MR) is 128 cm³/mol. The third kappa shape index (κ3) is 4.78. The number of non-ortho nitro benzene ring substituents is 1. The number of hydrogen-bond donors (Lipinski definition) is 2. The van der Waals surface area contributed by atoms with Crippen molar-refractivity contribution in [1.82, 2.24) is 9.97 Å². The second kappa shape index (κ2) is 8.78. The number of carbonyl (C=O) groups excluding carboxylic acids is 1. The van der Waals surface area contributed by atoms with Crippen molar-refractivity contribution in [3.63, 3.8) is 0 Å². The molecule has 0 atom stereocenters. The first-order valence-corrected chi connectivity index (χ1v) is 10.4. The zero-order valence-electron chi connectivity index (χ0n) is 18.8. The van der Waals surface area contributed by atoms with Crippen LogP contribution in [0.15, 0.2) is 72.0 Å². The Morgan fingerprint density at radius 3 is 2.47 bits per heavy atom. The van der Waals surface area contributed by atoms with Gasteiger partial charge in [-0.1, -0.05) is 0 Å². The molecule has 4 rings (SSSR count). The SMILES string of the molecule is CC(C)(C)OC(=O)c1ccc(N=C(c2cccnc2)c2c(O)[nH]c3cc([N+](=O)[O-])ccc23)cc1. The zero-order valence-corrected chi connectivity index (χ0v) is 18.8. The summed E-state index contributed by atoms with van der Waals surface area (Å²) in [7, 11) is 0. The van der Waals surface area contributed by atoms with Crippen LogP contribution in [0.2, 0.25) is 0 Å². The van der Waals surface area contributed by atoms with Crippen LogP contribution in [-0.2, 0) is 4.74 Å².